The van der Waals surface area contributed by atoms with Crippen molar-refractivity contribution in [3.05, 3.63) is 130 Å². The van der Waals surface area contributed by atoms with Gasteiger partial charge in [-0.2, -0.15) is 0 Å². The van der Waals surface area contributed by atoms with Crippen LogP contribution in [0.1, 0.15) is 56.6 Å². The second kappa shape index (κ2) is 6.47. The van der Waals surface area contributed by atoms with E-state index in [9.17, 15) is 8.42 Å². The van der Waals surface area contributed by atoms with Gasteiger partial charge in [-0.1, -0.05) is 0 Å². The molecule has 204 valence electrons. The van der Waals surface area contributed by atoms with Crippen molar-refractivity contribution < 1.29 is 22.3 Å². The Morgan fingerprint density at radius 3 is 1.59 bits per heavy atom. The van der Waals surface area contributed by atoms with Gasteiger partial charge in [-0.05, 0) is 47.5 Å². The quantitative estimate of drug-likeness (QED) is 0.241. The Kier molecular flexibility index (Phi) is 3.20. The van der Waals surface area contributed by atoms with E-state index in [-0.39, 0.29) is 11.8 Å². The van der Waals surface area contributed by atoms with Gasteiger partial charge in [0.2, 0.25) is 11.4 Å². The maximum atomic E-state index is 14.4. The summed E-state index contributed by atoms with van der Waals surface area (Å²) >= 11 is 0. The van der Waals surface area contributed by atoms with Crippen molar-refractivity contribution in [2.75, 3.05) is 0 Å². The predicted molar refractivity (Wildman–Crippen MR) is 156 cm³/mol. The summed E-state index contributed by atoms with van der Waals surface area (Å²) in [6.07, 6.45) is 11.8. The van der Waals surface area contributed by atoms with Gasteiger partial charge < -0.3 is 4.74 Å². The number of hydrogen-bond donors (Lipinski definition) is 0. The molecule has 44 heavy (non-hydrogen) atoms. The molecule has 2 aliphatic carbocycles. The van der Waals surface area contributed by atoms with Crippen LogP contribution < -0.4 is 13.9 Å². The molecular formula is C35H16N4O3S2+2. The van der Waals surface area contributed by atoms with Crippen molar-refractivity contribution in [3.8, 4) is 33.8 Å². The first-order chi connectivity index (χ1) is 21.7. The van der Waals surface area contributed by atoms with E-state index in [1.807, 2.05) is 36.7 Å². The molecule has 0 radical (unpaired) electrons. The number of pyridine rings is 4. The molecule has 0 bridgehead atoms. The summed E-state index contributed by atoms with van der Waals surface area (Å²) in [5, 5.41) is 0. The monoisotopic (exact) mass is 604 g/mol. The SMILES string of the molecule is O=S1c2cncc3c2C2c4c1ccc1c4C4(c5c(ccc6c5C5c7c(cncc7S6=O)-c6ccc[n+]4c65)O1)[n+]1cccc-3c12. The average molecular weight is 605 g/mol. The highest BCUT2D eigenvalue weighted by molar-refractivity contribution is 7.85. The van der Waals surface area contributed by atoms with Crippen LogP contribution >= 0.6 is 0 Å². The highest BCUT2D eigenvalue weighted by Crippen LogP contribution is 2.65. The smallest absolute Gasteiger partial charge is 0.423 e. The van der Waals surface area contributed by atoms with Gasteiger partial charge in [0, 0.05) is 69.0 Å². The van der Waals surface area contributed by atoms with Crippen molar-refractivity contribution in [2.45, 2.75) is 37.1 Å². The summed E-state index contributed by atoms with van der Waals surface area (Å²) in [7, 11) is -2.80. The van der Waals surface area contributed by atoms with E-state index >= 15 is 0 Å². The molecule has 4 atom stereocenters. The van der Waals surface area contributed by atoms with Crippen LogP contribution in [0.5, 0.6) is 11.5 Å². The fourth-order valence-corrected chi connectivity index (χ4v) is 12.6. The van der Waals surface area contributed by atoms with Gasteiger partial charge in [0.25, 0.3) is 0 Å². The van der Waals surface area contributed by atoms with E-state index in [1.165, 1.54) is 11.4 Å². The number of rotatable bonds is 0. The van der Waals surface area contributed by atoms with Gasteiger partial charge in [-0.25, -0.2) is 8.42 Å². The van der Waals surface area contributed by atoms with Crippen LogP contribution in [0.3, 0.4) is 0 Å². The summed E-state index contributed by atoms with van der Waals surface area (Å²) in [5.74, 6) is 1.35. The molecule has 2 aromatic carbocycles. The van der Waals surface area contributed by atoms with E-state index in [1.54, 1.807) is 12.4 Å². The third kappa shape index (κ3) is 1.87. The largest absolute Gasteiger partial charge is 0.456 e. The topological polar surface area (TPSA) is 76.9 Å². The maximum Gasteiger partial charge on any atom is 0.423 e. The number of ether oxygens (including phenoxy) is 1. The Labute approximate surface area is 254 Å². The number of nitrogens with zero attached hydrogens (tertiary/aromatic N) is 4. The van der Waals surface area contributed by atoms with Crippen molar-refractivity contribution in [3.63, 3.8) is 0 Å². The molecule has 0 saturated carbocycles. The lowest BCUT2D eigenvalue weighted by Crippen LogP contribution is -2.80. The zero-order valence-electron chi connectivity index (χ0n) is 22.6. The number of aromatic nitrogens is 4. The van der Waals surface area contributed by atoms with Crippen LogP contribution in [0.15, 0.2) is 105 Å². The fraction of sp³-hybridized carbons (Fsp3) is 0.0857. The number of hydrogen-bond acceptors (Lipinski definition) is 5. The molecule has 9 heterocycles. The first-order valence-corrected chi connectivity index (χ1v) is 16.9. The molecule has 9 heteroatoms. The lowest BCUT2D eigenvalue weighted by molar-refractivity contribution is -0.979. The van der Waals surface area contributed by atoms with Crippen LogP contribution in [0, 0.1) is 0 Å². The maximum absolute atomic E-state index is 14.4. The minimum Gasteiger partial charge on any atom is -0.456 e. The second-order valence-corrected chi connectivity index (χ2v) is 15.3. The molecule has 0 fully saturated rings. The van der Waals surface area contributed by atoms with Gasteiger partial charge in [0.15, 0.2) is 12.4 Å². The molecule has 1 spiro atoms. The normalized spacial score (nSPS) is 25.7. The van der Waals surface area contributed by atoms with Crippen molar-refractivity contribution in [2.24, 2.45) is 0 Å². The Morgan fingerprint density at radius 1 is 0.591 bits per heavy atom. The highest BCUT2D eigenvalue weighted by Gasteiger charge is 2.73. The Hall–Kier alpha value is -4.86. The molecular weight excluding hydrogens is 589 g/mol. The van der Waals surface area contributed by atoms with Crippen molar-refractivity contribution >= 4 is 21.6 Å². The number of fused-ring (bicyclic) bond motifs is 2. The Bertz CT molecular complexity index is 2430. The van der Waals surface area contributed by atoms with Gasteiger partial charge >= 0.3 is 5.66 Å². The molecule has 6 aromatic rings. The molecule has 4 unspecified atom stereocenters. The zero-order chi connectivity index (χ0) is 28.4. The van der Waals surface area contributed by atoms with E-state index < -0.39 is 27.3 Å². The summed E-state index contributed by atoms with van der Waals surface area (Å²) < 4.78 is 40.5. The van der Waals surface area contributed by atoms with Crippen LogP contribution in [-0.2, 0) is 27.3 Å². The van der Waals surface area contributed by atoms with E-state index in [0.29, 0.717) is 0 Å². The first kappa shape index (κ1) is 21.8. The predicted octanol–water partition coefficient (Wildman–Crippen LogP) is 4.36. The first-order valence-electron chi connectivity index (χ1n) is 14.6. The van der Waals surface area contributed by atoms with E-state index in [2.05, 4.69) is 55.8 Å². The standard InChI is InChI=1S/C35H16N4O3S2/c40-43-21-7-5-19-31-27(21)29-25-17(11-36-13-23(25)43)15-3-1-9-38(33(15)29)35(31)32-20(42-19)6-8-22-28(32)30-26-18(12-37-14-24(26)44(22)41)16-4-2-10-39(35)34(16)30/h1-14,29-30H/q+2. The third-order valence-corrected chi connectivity index (χ3v) is 14.0. The lowest BCUT2D eigenvalue weighted by Gasteiger charge is -2.43. The molecule has 4 aromatic heterocycles. The van der Waals surface area contributed by atoms with Crippen molar-refractivity contribution in [1.29, 1.82) is 0 Å². The Morgan fingerprint density at radius 2 is 1.09 bits per heavy atom. The minimum absolute atomic E-state index is 0.0885. The second-order valence-electron chi connectivity index (χ2n) is 12.4. The molecule has 0 saturated heterocycles. The van der Waals surface area contributed by atoms with Gasteiger partial charge in [0.1, 0.15) is 22.6 Å². The van der Waals surface area contributed by atoms with Crippen LogP contribution in [0.4, 0.5) is 0 Å². The average Bonchev–Trinajstić information content (AvgIpc) is 3.59. The van der Waals surface area contributed by atoms with Crippen LogP contribution in [0.25, 0.3) is 22.3 Å². The summed E-state index contributed by atoms with van der Waals surface area (Å²) in [5.41, 5.74) is 12.1. The Balaban J connectivity index is 1.33. The zero-order valence-corrected chi connectivity index (χ0v) is 24.2. The summed E-state index contributed by atoms with van der Waals surface area (Å²) in [4.78, 5) is 12.4. The van der Waals surface area contributed by atoms with Gasteiger partial charge in [-0.3, -0.25) is 9.97 Å². The lowest BCUT2D eigenvalue weighted by atomic mass is 9.69. The third-order valence-electron chi connectivity index (χ3n) is 11.0. The van der Waals surface area contributed by atoms with Gasteiger partial charge in [0.05, 0.1) is 54.4 Å². The van der Waals surface area contributed by atoms with Crippen LogP contribution in [0.2, 0.25) is 0 Å². The van der Waals surface area contributed by atoms with Crippen LogP contribution in [-0.4, -0.2) is 18.4 Å². The molecule has 0 amide bonds. The molecule has 13 rings (SSSR count). The number of benzene rings is 2. The summed E-state index contributed by atoms with van der Waals surface area (Å²) in [6.45, 7) is 0. The minimum atomic E-state index is -1.40. The highest BCUT2D eigenvalue weighted by atomic mass is 32.2. The fourth-order valence-electron chi connectivity index (χ4n) is 9.73. The molecule has 5 aliphatic heterocycles. The van der Waals surface area contributed by atoms with Crippen molar-refractivity contribution in [1.82, 2.24) is 9.97 Å². The van der Waals surface area contributed by atoms with E-state index in [4.69, 9.17) is 4.74 Å². The van der Waals surface area contributed by atoms with E-state index in [0.717, 1.165) is 86.7 Å². The summed E-state index contributed by atoms with van der Waals surface area (Å²) in [6, 6.07) is 16.5. The van der Waals surface area contributed by atoms with Gasteiger partial charge in [-0.15, -0.1) is 9.13 Å². The molecule has 7 aliphatic rings. The molecule has 0 N–H and O–H groups in total. The molecule has 7 nitrogen and oxygen atoms in total.